The normalized spacial score (nSPS) is 20.2. The minimum atomic E-state index is -0.439. The van der Waals surface area contributed by atoms with E-state index in [0.717, 1.165) is 36.4 Å². The van der Waals surface area contributed by atoms with Gasteiger partial charge >= 0.3 is 5.97 Å². The molecule has 0 unspecified atom stereocenters. The van der Waals surface area contributed by atoms with Crippen molar-refractivity contribution in [3.63, 3.8) is 0 Å². The van der Waals surface area contributed by atoms with Gasteiger partial charge in [0, 0.05) is 29.6 Å². The Morgan fingerprint density at radius 3 is 2.86 bits per heavy atom. The number of likely N-dealkylation sites (tertiary alicyclic amines) is 1. The Labute approximate surface area is 134 Å². The minimum absolute atomic E-state index is 0.0880. The largest absolute Gasteiger partial charge is 0.446 e. The number of ether oxygens (including phenoxy) is 1. The van der Waals surface area contributed by atoms with Crippen LogP contribution in [0.4, 0.5) is 0 Å². The van der Waals surface area contributed by atoms with Crippen LogP contribution in [-0.4, -0.2) is 36.5 Å². The Kier molecular flexibility index (Phi) is 4.64. The van der Waals surface area contributed by atoms with Crippen molar-refractivity contribution in [1.29, 1.82) is 0 Å². The molecule has 2 aliphatic rings. The second kappa shape index (κ2) is 6.67. The number of hydrogen-bond acceptors (Lipinski definition) is 5. The summed E-state index contributed by atoms with van der Waals surface area (Å²) in [5.74, 6) is -0.527. The van der Waals surface area contributed by atoms with Crippen LogP contribution in [0.25, 0.3) is 0 Å². The van der Waals surface area contributed by atoms with Gasteiger partial charge in [-0.2, -0.15) is 0 Å². The average molecular weight is 317 g/mol. The third-order valence-corrected chi connectivity index (χ3v) is 4.99. The van der Waals surface area contributed by atoms with Gasteiger partial charge in [-0.3, -0.25) is 9.69 Å². The van der Waals surface area contributed by atoms with Crippen molar-refractivity contribution in [2.75, 3.05) is 19.8 Å². The number of thioether (sulfide) groups is 1. The molecule has 5 heteroatoms. The predicted molar refractivity (Wildman–Crippen MR) is 85.8 cm³/mol. The molecule has 1 aromatic carbocycles. The molecule has 2 aliphatic heterocycles. The van der Waals surface area contributed by atoms with E-state index in [4.69, 9.17) is 4.74 Å². The Bertz CT molecular complexity index is 633. The van der Waals surface area contributed by atoms with Gasteiger partial charge in [0.1, 0.15) is 6.73 Å². The third kappa shape index (κ3) is 3.42. The molecule has 4 nitrogen and oxygen atoms in total. The summed E-state index contributed by atoms with van der Waals surface area (Å²) in [6, 6.07) is 5.70. The number of hydrogen-bond donors (Lipinski definition) is 0. The van der Waals surface area contributed by atoms with Crippen LogP contribution < -0.4 is 0 Å². The second-order valence-electron chi connectivity index (χ2n) is 5.71. The molecule has 2 heterocycles. The Balaban J connectivity index is 1.61. The molecule has 0 aliphatic carbocycles. The molecular weight excluding hydrogens is 298 g/mol. The maximum atomic E-state index is 12.2. The highest BCUT2D eigenvalue weighted by molar-refractivity contribution is 8.04. The summed E-state index contributed by atoms with van der Waals surface area (Å²) in [4.78, 5) is 27.6. The molecule has 22 heavy (non-hydrogen) atoms. The number of allylic oxidation sites excluding steroid dienone is 1. The summed E-state index contributed by atoms with van der Waals surface area (Å²) in [6.07, 6.45) is 4.88. The van der Waals surface area contributed by atoms with Crippen LogP contribution in [0.3, 0.4) is 0 Å². The van der Waals surface area contributed by atoms with E-state index in [9.17, 15) is 9.59 Å². The number of rotatable bonds is 3. The van der Waals surface area contributed by atoms with Crippen LogP contribution in [0.1, 0.15) is 35.2 Å². The fraction of sp³-hybridized carbons (Fsp3) is 0.412. The average Bonchev–Trinajstić information content (AvgIpc) is 2.82. The van der Waals surface area contributed by atoms with E-state index in [-0.39, 0.29) is 5.78 Å². The SMILES string of the molecule is Cc1ccc2c(c1)SC(=CC(=O)OCN1CCCCC1)C2=O. The molecule has 0 N–H and O–H groups in total. The van der Waals surface area contributed by atoms with Crippen molar-refractivity contribution in [2.45, 2.75) is 31.1 Å². The number of ketones is 1. The first-order valence-electron chi connectivity index (χ1n) is 7.57. The molecular formula is C17H19NO3S. The summed E-state index contributed by atoms with van der Waals surface area (Å²) < 4.78 is 5.26. The molecule has 3 rings (SSSR count). The van der Waals surface area contributed by atoms with E-state index in [1.54, 1.807) is 0 Å². The lowest BCUT2D eigenvalue weighted by atomic mass is 10.1. The van der Waals surface area contributed by atoms with E-state index < -0.39 is 5.97 Å². The van der Waals surface area contributed by atoms with Crippen LogP contribution in [0, 0.1) is 6.92 Å². The van der Waals surface area contributed by atoms with Gasteiger partial charge in [-0.1, -0.05) is 24.2 Å². The fourth-order valence-electron chi connectivity index (χ4n) is 2.69. The number of piperidine rings is 1. The lowest BCUT2D eigenvalue weighted by molar-refractivity contribution is -0.142. The van der Waals surface area contributed by atoms with Gasteiger partial charge in [-0.05, 0) is 37.5 Å². The maximum Gasteiger partial charge on any atom is 0.333 e. The molecule has 0 radical (unpaired) electrons. The quantitative estimate of drug-likeness (QED) is 0.633. The summed E-state index contributed by atoms with van der Waals surface area (Å²) in [5.41, 5.74) is 1.78. The molecule has 0 bridgehead atoms. The van der Waals surface area contributed by atoms with Crippen molar-refractivity contribution in [1.82, 2.24) is 4.90 Å². The summed E-state index contributed by atoms with van der Waals surface area (Å²) in [7, 11) is 0. The fourth-order valence-corrected chi connectivity index (χ4v) is 3.80. The number of fused-ring (bicyclic) bond motifs is 1. The van der Waals surface area contributed by atoms with Crippen LogP contribution in [0.5, 0.6) is 0 Å². The Morgan fingerprint density at radius 2 is 2.09 bits per heavy atom. The van der Waals surface area contributed by atoms with Crippen LogP contribution in [0.2, 0.25) is 0 Å². The second-order valence-corrected chi connectivity index (χ2v) is 6.79. The summed E-state index contributed by atoms with van der Waals surface area (Å²) in [6.45, 7) is 4.25. The van der Waals surface area contributed by atoms with Gasteiger partial charge in [0.15, 0.2) is 0 Å². The lowest BCUT2D eigenvalue weighted by Crippen LogP contribution is -2.32. The summed E-state index contributed by atoms with van der Waals surface area (Å²) in [5, 5.41) is 0. The van der Waals surface area contributed by atoms with Crippen molar-refractivity contribution in [2.24, 2.45) is 0 Å². The standard InChI is InChI=1S/C17H19NO3S/c1-12-5-6-13-14(9-12)22-15(17(13)20)10-16(19)21-11-18-7-3-2-4-8-18/h5-6,9-10H,2-4,7-8,11H2,1H3. The zero-order valence-electron chi connectivity index (χ0n) is 12.6. The summed E-state index contributed by atoms with van der Waals surface area (Å²) >= 11 is 1.35. The van der Waals surface area contributed by atoms with Gasteiger partial charge < -0.3 is 4.74 Å². The number of esters is 1. The van der Waals surface area contributed by atoms with E-state index >= 15 is 0 Å². The van der Waals surface area contributed by atoms with Gasteiger partial charge in [-0.15, -0.1) is 0 Å². The maximum absolute atomic E-state index is 12.2. The number of carbonyl (C=O) groups excluding carboxylic acids is 2. The van der Waals surface area contributed by atoms with Gasteiger partial charge in [0.2, 0.25) is 5.78 Å². The van der Waals surface area contributed by atoms with Gasteiger partial charge in [-0.25, -0.2) is 4.79 Å². The number of Topliss-reactive ketones (excluding diaryl/α,β-unsaturated/α-hetero) is 1. The molecule has 0 saturated carbocycles. The highest BCUT2D eigenvalue weighted by Gasteiger charge is 2.26. The molecule has 116 valence electrons. The highest BCUT2D eigenvalue weighted by Crippen LogP contribution is 2.40. The number of carbonyl (C=O) groups is 2. The van der Waals surface area contributed by atoms with Crippen molar-refractivity contribution in [3.05, 3.63) is 40.3 Å². The minimum Gasteiger partial charge on any atom is -0.446 e. The first kappa shape index (κ1) is 15.3. The number of benzene rings is 1. The third-order valence-electron chi connectivity index (χ3n) is 3.91. The zero-order chi connectivity index (χ0) is 15.5. The topological polar surface area (TPSA) is 46.6 Å². The van der Waals surface area contributed by atoms with Crippen molar-refractivity contribution in [3.8, 4) is 0 Å². The van der Waals surface area contributed by atoms with Gasteiger partial charge in [0.25, 0.3) is 0 Å². The molecule has 0 spiro atoms. The zero-order valence-corrected chi connectivity index (χ0v) is 13.4. The highest BCUT2D eigenvalue weighted by atomic mass is 32.2. The molecule has 1 fully saturated rings. The van der Waals surface area contributed by atoms with E-state index in [1.807, 2.05) is 25.1 Å². The van der Waals surface area contributed by atoms with Crippen molar-refractivity contribution < 1.29 is 14.3 Å². The smallest absolute Gasteiger partial charge is 0.333 e. The van der Waals surface area contributed by atoms with Crippen LogP contribution in [0.15, 0.2) is 34.1 Å². The number of nitrogens with zero attached hydrogens (tertiary/aromatic N) is 1. The first-order chi connectivity index (χ1) is 10.6. The van der Waals surface area contributed by atoms with Crippen LogP contribution >= 0.6 is 11.8 Å². The molecule has 1 saturated heterocycles. The van der Waals surface area contributed by atoms with E-state index in [1.165, 1.54) is 24.3 Å². The molecule has 0 amide bonds. The number of aryl methyl sites for hydroxylation is 1. The van der Waals surface area contributed by atoms with E-state index in [0.29, 0.717) is 17.2 Å². The van der Waals surface area contributed by atoms with E-state index in [2.05, 4.69) is 4.90 Å². The monoisotopic (exact) mass is 317 g/mol. The predicted octanol–water partition coefficient (Wildman–Crippen LogP) is 3.15. The van der Waals surface area contributed by atoms with Crippen LogP contribution in [-0.2, 0) is 9.53 Å². The molecule has 0 aromatic heterocycles. The first-order valence-corrected chi connectivity index (χ1v) is 8.39. The Morgan fingerprint density at radius 1 is 1.32 bits per heavy atom. The molecule has 1 aromatic rings. The van der Waals surface area contributed by atoms with Gasteiger partial charge in [0.05, 0.1) is 4.91 Å². The molecule has 0 atom stereocenters. The Hall–Kier alpha value is -1.59. The lowest BCUT2D eigenvalue weighted by Gasteiger charge is -2.25. The van der Waals surface area contributed by atoms with Crippen molar-refractivity contribution >= 4 is 23.5 Å².